The summed E-state index contributed by atoms with van der Waals surface area (Å²) in [5.41, 5.74) is 8.61. The van der Waals surface area contributed by atoms with Crippen LogP contribution >= 0.6 is 0 Å². The van der Waals surface area contributed by atoms with Crippen molar-refractivity contribution in [3.63, 3.8) is 0 Å². The topological polar surface area (TPSA) is 87.7 Å². The van der Waals surface area contributed by atoms with Crippen LogP contribution in [0.1, 0.15) is 16.7 Å². The molecule has 0 aliphatic carbocycles. The Balaban J connectivity index is 1.60. The lowest BCUT2D eigenvalue weighted by Crippen LogP contribution is -2.43. The molecule has 0 radical (unpaired) electrons. The van der Waals surface area contributed by atoms with Crippen LogP contribution in [0.5, 0.6) is 0 Å². The average Bonchev–Trinajstić information content (AvgIpc) is 3.22. The van der Waals surface area contributed by atoms with E-state index in [0.717, 1.165) is 21.6 Å². The minimum Gasteiger partial charge on any atom is -0.456 e. The molecule has 0 spiro atoms. The molecule has 2 aromatic rings. The summed E-state index contributed by atoms with van der Waals surface area (Å²) in [5, 5.41) is 0. The number of carbonyl (C=O) groups excluding carboxylic acids is 3. The predicted octanol–water partition coefficient (Wildman–Crippen LogP) is 1.65. The molecule has 2 aliphatic heterocycles. The largest absolute Gasteiger partial charge is 0.456 e. The Morgan fingerprint density at radius 1 is 1.11 bits per heavy atom. The summed E-state index contributed by atoms with van der Waals surface area (Å²) in [6, 6.07) is 13.8. The van der Waals surface area contributed by atoms with Crippen molar-refractivity contribution >= 4 is 23.5 Å². The van der Waals surface area contributed by atoms with Gasteiger partial charge in [0, 0.05) is 0 Å². The number of fused-ring (bicyclic) bond motifs is 1. The van der Waals surface area contributed by atoms with E-state index < -0.39 is 23.8 Å². The zero-order chi connectivity index (χ0) is 19.8. The predicted molar refractivity (Wildman–Crippen MR) is 102 cm³/mol. The molecule has 4 rings (SSSR count). The van der Waals surface area contributed by atoms with Gasteiger partial charge in [-0.15, -0.1) is 0 Å². The van der Waals surface area contributed by atoms with Crippen molar-refractivity contribution in [1.29, 1.82) is 0 Å². The second-order valence-electron chi connectivity index (χ2n) is 6.82. The molecule has 0 unspecified atom stereocenters. The molecular weight excluding hydrogens is 358 g/mol. The van der Waals surface area contributed by atoms with Crippen LogP contribution in [0.15, 0.2) is 59.8 Å². The van der Waals surface area contributed by atoms with E-state index in [4.69, 9.17) is 4.74 Å². The van der Waals surface area contributed by atoms with Gasteiger partial charge in [0.25, 0.3) is 11.8 Å². The minimum atomic E-state index is -0.910. The molecule has 2 aromatic carbocycles. The highest BCUT2D eigenvalue weighted by molar-refractivity contribution is 6.33. The number of hydrogen-bond acceptors (Lipinski definition) is 6. The molecule has 0 bridgehead atoms. The van der Waals surface area contributed by atoms with E-state index in [1.807, 2.05) is 56.3 Å². The summed E-state index contributed by atoms with van der Waals surface area (Å²) in [6.07, 6.45) is 0. The maximum atomic E-state index is 13.0. The third kappa shape index (κ3) is 2.95. The molecular formula is C21H19N3O4. The molecule has 2 aliphatic rings. The number of amides is 2. The number of carbonyl (C=O) groups is 3. The van der Waals surface area contributed by atoms with Crippen molar-refractivity contribution in [2.75, 3.05) is 4.90 Å². The zero-order valence-corrected chi connectivity index (χ0v) is 15.5. The van der Waals surface area contributed by atoms with E-state index in [1.165, 1.54) is 0 Å². The molecule has 28 heavy (non-hydrogen) atoms. The van der Waals surface area contributed by atoms with Crippen LogP contribution in [0.25, 0.3) is 0 Å². The van der Waals surface area contributed by atoms with Gasteiger partial charge in [0.15, 0.2) is 0 Å². The number of ether oxygens (including phenoxy) is 1. The number of benzene rings is 2. The van der Waals surface area contributed by atoms with Crippen LogP contribution in [-0.2, 0) is 25.7 Å². The Bertz CT molecular complexity index is 1010. The van der Waals surface area contributed by atoms with Crippen LogP contribution in [0, 0.1) is 13.8 Å². The molecule has 1 saturated heterocycles. The standard InChI is InChI=1S/C21H19N3O4/c1-12-8-9-15(13(2)10-12)24-19(25)16-17(20(24)26)22-23-18(16)21(27)28-11-14-6-4-3-5-7-14/h3-10,17,22-23H,11H2,1-2H3/t17-/m1/s1. The first kappa shape index (κ1) is 17.9. The van der Waals surface area contributed by atoms with Gasteiger partial charge < -0.3 is 10.2 Å². The summed E-state index contributed by atoms with van der Waals surface area (Å²) in [5.74, 6) is -1.63. The van der Waals surface area contributed by atoms with Gasteiger partial charge in [-0.1, -0.05) is 48.0 Å². The second kappa shape index (κ2) is 6.94. The number of aryl methyl sites for hydroxylation is 2. The summed E-state index contributed by atoms with van der Waals surface area (Å²) >= 11 is 0. The number of nitrogens with one attached hydrogen (secondary N) is 2. The van der Waals surface area contributed by atoms with E-state index >= 15 is 0 Å². The molecule has 0 aromatic heterocycles. The van der Waals surface area contributed by atoms with Gasteiger partial charge in [-0.25, -0.2) is 15.1 Å². The monoisotopic (exact) mass is 377 g/mol. The van der Waals surface area contributed by atoms with Gasteiger partial charge >= 0.3 is 5.97 Å². The van der Waals surface area contributed by atoms with Gasteiger partial charge in [-0.3, -0.25) is 9.59 Å². The Hall–Kier alpha value is -3.45. The lowest BCUT2D eigenvalue weighted by Gasteiger charge is -2.18. The second-order valence-corrected chi connectivity index (χ2v) is 6.82. The van der Waals surface area contributed by atoms with E-state index in [2.05, 4.69) is 10.9 Å². The molecule has 0 saturated carbocycles. The van der Waals surface area contributed by atoms with Gasteiger partial charge in [0.05, 0.1) is 11.3 Å². The molecule has 7 nitrogen and oxygen atoms in total. The first-order valence-electron chi connectivity index (χ1n) is 8.89. The number of esters is 1. The number of hydrazine groups is 1. The molecule has 1 fully saturated rings. The Labute approximate surface area is 161 Å². The van der Waals surface area contributed by atoms with E-state index in [0.29, 0.717) is 5.69 Å². The smallest absolute Gasteiger partial charge is 0.356 e. The number of rotatable bonds is 4. The van der Waals surface area contributed by atoms with Crippen molar-refractivity contribution < 1.29 is 19.1 Å². The summed E-state index contributed by atoms with van der Waals surface area (Å²) in [6.45, 7) is 3.85. The quantitative estimate of drug-likeness (QED) is 0.622. The number of imide groups is 1. The SMILES string of the molecule is Cc1ccc(N2C(=O)C3=C(C(=O)OCc4ccccc4)NN[C@H]3C2=O)c(C)c1. The average molecular weight is 377 g/mol. The Kier molecular flexibility index (Phi) is 4.44. The number of hydrogen-bond donors (Lipinski definition) is 2. The molecule has 2 N–H and O–H groups in total. The van der Waals surface area contributed by atoms with E-state index in [1.54, 1.807) is 6.07 Å². The maximum Gasteiger partial charge on any atom is 0.356 e. The fraction of sp³-hybridized carbons (Fsp3) is 0.190. The van der Waals surface area contributed by atoms with E-state index in [9.17, 15) is 14.4 Å². The van der Waals surface area contributed by atoms with Gasteiger partial charge in [-0.2, -0.15) is 0 Å². The third-order valence-electron chi connectivity index (χ3n) is 4.81. The minimum absolute atomic E-state index is 0.0217. The normalized spacial score (nSPS) is 18.4. The molecule has 7 heteroatoms. The lowest BCUT2D eigenvalue weighted by molar-refractivity contribution is -0.141. The van der Waals surface area contributed by atoms with Gasteiger partial charge in [0.2, 0.25) is 0 Å². The Morgan fingerprint density at radius 3 is 2.57 bits per heavy atom. The van der Waals surface area contributed by atoms with Gasteiger partial charge in [-0.05, 0) is 31.0 Å². The molecule has 2 amide bonds. The van der Waals surface area contributed by atoms with Crippen molar-refractivity contribution in [3.8, 4) is 0 Å². The van der Waals surface area contributed by atoms with Crippen molar-refractivity contribution in [2.45, 2.75) is 26.5 Å². The molecule has 2 heterocycles. The van der Waals surface area contributed by atoms with Gasteiger partial charge in [0.1, 0.15) is 18.3 Å². The first-order valence-corrected chi connectivity index (χ1v) is 8.89. The van der Waals surface area contributed by atoms with Crippen molar-refractivity contribution in [1.82, 2.24) is 10.9 Å². The van der Waals surface area contributed by atoms with Crippen molar-refractivity contribution in [2.24, 2.45) is 0 Å². The Morgan fingerprint density at radius 2 is 1.86 bits per heavy atom. The molecule has 142 valence electrons. The summed E-state index contributed by atoms with van der Waals surface area (Å²) in [7, 11) is 0. The first-order chi connectivity index (χ1) is 13.5. The summed E-state index contributed by atoms with van der Waals surface area (Å²) < 4.78 is 5.30. The fourth-order valence-electron chi connectivity index (χ4n) is 3.43. The third-order valence-corrected chi connectivity index (χ3v) is 4.81. The fourth-order valence-corrected chi connectivity index (χ4v) is 3.43. The van der Waals surface area contributed by atoms with Crippen LogP contribution in [-0.4, -0.2) is 23.8 Å². The van der Waals surface area contributed by atoms with Crippen LogP contribution in [0.2, 0.25) is 0 Å². The highest BCUT2D eigenvalue weighted by Crippen LogP contribution is 2.32. The van der Waals surface area contributed by atoms with Crippen LogP contribution < -0.4 is 15.8 Å². The lowest BCUT2D eigenvalue weighted by atomic mass is 10.1. The van der Waals surface area contributed by atoms with Crippen LogP contribution in [0.3, 0.4) is 0 Å². The van der Waals surface area contributed by atoms with Crippen LogP contribution in [0.4, 0.5) is 5.69 Å². The highest BCUT2D eigenvalue weighted by atomic mass is 16.5. The zero-order valence-electron chi connectivity index (χ0n) is 15.5. The number of nitrogens with zero attached hydrogens (tertiary/aromatic N) is 1. The highest BCUT2D eigenvalue weighted by Gasteiger charge is 2.50. The summed E-state index contributed by atoms with van der Waals surface area (Å²) in [4.78, 5) is 39.4. The van der Waals surface area contributed by atoms with Crippen molar-refractivity contribution in [3.05, 3.63) is 76.5 Å². The number of anilines is 1. The maximum absolute atomic E-state index is 13.0. The molecule has 1 atom stereocenters. The van der Waals surface area contributed by atoms with E-state index in [-0.39, 0.29) is 17.9 Å².